The van der Waals surface area contributed by atoms with Crippen LogP contribution in [0.5, 0.6) is 5.75 Å². The van der Waals surface area contributed by atoms with Gasteiger partial charge in [0.2, 0.25) is 0 Å². The number of ether oxygens (including phenoxy) is 1. The summed E-state index contributed by atoms with van der Waals surface area (Å²) in [7, 11) is 1.62. The van der Waals surface area contributed by atoms with Crippen LogP contribution in [-0.2, 0) is 0 Å². The fourth-order valence-electron chi connectivity index (χ4n) is 2.71. The van der Waals surface area contributed by atoms with Gasteiger partial charge in [0.25, 0.3) is 5.91 Å². The molecule has 0 aromatic heterocycles. The molecule has 3 nitrogen and oxygen atoms in total. The highest BCUT2D eigenvalue weighted by molar-refractivity contribution is 9.10. The molecule has 0 saturated carbocycles. The van der Waals surface area contributed by atoms with E-state index in [1.807, 2.05) is 24.0 Å². The van der Waals surface area contributed by atoms with Crippen LogP contribution in [0.3, 0.4) is 0 Å². The molecule has 0 radical (unpaired) electrons. The Morgan fingerprint density at radius 3 is 2.79 bits per heavy atom. The normalized spacial score (nSPS) is 19.4. The molecule has 1 saturated heterocycles. The molecule has 1 amide bonds. The lowest BCUT2D eigenvalue weighted by atomic mass is 10.0. The Kier molecular flexibility index (Phi) is 4.50. The molecule has 0 N–H and O–H groups in total. The predicted molar refractivity (Wildman–Crippen MR) is 79.8 cm³/mol. The molecule has 1 aromatic carbocycles. The minimum Gasteiger partial charge on any atom is -0.496 e. The number of hydrogen-bond donors (Lipinski definition) is 0. The second kappa shape index (κ2) is 5.95. The average molecular weight is 326 g/mol. The van der Waals surface area contributed by atoms with Gasteiger partial charge in [-0.25, -0.2) is 0 Å². The molecule has 104 valence electrons. The van der Waals surface area contributed by atoms with E-state index in [0.717, 1.165) is 29.4 Å². The van der Waals surface area contributed by atoms with E-state index in [1.165, 1.54) is 6.42 Å². The highest BCUT2D eigenvalue weighted by Gasteiger charge is 2.27. The largest absolute Gasteiger partial charge is 0.496 e. The fourth-order valence-corrected chi connectivity index (χ4v) is 3.29. The van der Waals surface area contributed by atoms with Gasteiger partial charge < -0.3 is 9.64 Å². The maximum atomic E-state index is 12.7. The molecular weight excluding hydrogens is 306 g/mol. The van der Waals surface area contributed by atoms with Crippen LogP contribution in [0.15, 0.2) is 16.6 Å². The number of carbonyl (C=O) groups excluding carboxylic acids is 1. The molecule has 19 heavy (non-hydrogen) atoms. The minimum atomic E-state index is 0.0773. The second-order valence-electron chi connectivity index (χ2n) is 5.15. The molecule has 1 aromatic rings. The van der Waals surface area contributed by atoms with Crippen molar-refractivity contribution < 1.29 is 9.53 Å². The summed E-state index contributed by atoms with van der Waals surface area (Å²) in [6.45, 7) is 4.92. The molecule has 0 spiro atoms. The van der Waals surface area contributed by atoms with Crippen LogP contribution in [0.1, 0.15) is 42.1 Å². The summed E-state index contributed by atoms with van der Waals surface area (Å²) in [6, 6.07) is 4.13. The number of amides is 1. The van der Waals surface area contributed by atoms with Gasteiger partial charge in [0.1, 0.15) is 5.75 Å². The predicted octanol–water partition coefficient (Wildman–Crippen LogP) is 3.78. The van der Waals surface area contributed by atoms with Crippen molar-refractivity contribution >= 4 is 21.8 Å². The Hall–Kier alpha value is -1.03. The van der Waals surface area contributed by atoms with Crippen LogP contribution in [0.25, 0.3) is 0 Å². The summed E-state index contributed by atoms with van der Waals surface area (Å²) < 4.78 is 6.33. The van der Waals surface area contributed by atoms with E-state index in [0.29, 0.717) is 17.4 Å². The number of halogens is 1. The number of methoxy groups -OCH3 is 1. The SMILES string of the molecule is COc1c(C)cc(Br)cc1C(=O)N1CCCCC1C. The number of rotatable bonds is 2. The second-order valence-corrected chi connectivity index (χ2v) is 6.06. The standard InChI is InChI=1S/C15H20BrNO2/c1-10-8-12(16)9-13(14(10)19-3)15(18)17-7-5-4-6-11(17)2/h8-9,11H,4-7H2,1-3H3. The monoisotopic (exact) mass is 325 g/mol. The lowest BCUT2D eigenvalue weighted by molar-refractivity contribution is 0.0632. The van der Waals surface area contributed by atoms with Crippen LogP contribution in [0.2, 0.25) is 0 Å². The van der Waals surface area contributed by atoms with Gasteiger partial charge in [-0.2, -0.15) is 0 Å². The Morgan fingerprint density at radius 1 is 1.42 bits per heavy atom. The van der Waals surface area contributed by atoms with E-state index < -0.39 is 0 Å². The zero-order valence-electron chi connectivity index (χ0n) is 11.7. The molecule has 1 heterocycles. The van der Waals surface area contributed by atoms with Crippen molar-refractivity contribution in [1.29, 1.82) is 0 Å². The molecule has 0 aliphatic carbocycles. The first kappa shape index (κ1) is 14.4. The number of piperidine rings is 1. The highest BCUT2D eigenvalue weighted by Crippen LogP contribution is 2.30. The van der Waals surface area contributed by atoms with Gasteiger partial charge in [0, 0.05) is 17.1 Å². The third kappa shape index (κ3) is 2.94. The summed E-state index contributed by atoms with van der Waals surface area (Å²) >= 11 is 3.46. The molecule has 0 bridgehead atoms. The van der Waals surface area contributed by atoms with Gasteiger partial charge in [-0.15, -0.1) is 0 Å². The maximum absolute atomic E-state index is 12.7. The molecule has 1 aliphatic heterocycles. The average Bonchev–Trinajstić information content (AvgIpc) is 2.37. The first-order chi connectivity index (χ1) is 9.04. The first-order valence-electron chi connectivity index (χ1n) is 6.69. The number of carbonyl (C=O) groups is 1. The first-order valence-corrected chi connectivity index (χ1v) is 7.49. The van der Waals surface area contributed by atoms with Gasteiger partial charge >= 0.3 is 0 Å². The molecule has 1 atom stereocenters. The molecule has 1 fully saturated rings. The van der Waals surface area contributed by atoms with Gasteiger partial charge in [0.05, 0.1) is 12.7 Å². The van der Waals surface area contributed by atoms with E-state index in [9.17, 15) is 4.79 Å². The van der Waals surface area contributed by atoms with Crippen molar-refractivity contribution in [3.63, 3.8) is 0 Å². The number of nitrogens with zero attached hydrogens (tertiary/aromatic N) is 1. The van der Waals surface area contributed by atoms with Gasteiger partial charge in [0.15, 0.2) is 0 Å². The zero-order chi connectivity index (χ0) is 14.0. The number of benzene rings is 1. The lowest BCUT2D eigenvalue weighted by Crippen LogP contribution is -2.42. The lowest BCUT2D eigenvalue weighted by Gasteiger charge is -2.34. The van der Waals surface area contributed by atoms with Gasteiger partial charge in [-0.05, 0) is 50.8 Å². The topological polar surface area (TPSA) is 29.5 Å². The van der Waals surface area contributed by atoms with Crippen molar-refractivity contribution in [1.82, 2.24) is 4.90 Å². The molecule has 4 heteroatoms. The Balaban J connectivity index is 2.37. The summed E-state index contributed by atoms with van der Waals surface area (Å²) in [5, 5.41) is 0. The van der Waals surface area contributed by atoms with Gasteiger partial charge in [-0.3, -0.25) is 4.79 Å². The van der Waals surface area contributed by atoms with Crippen LogP contribution >= 0.6 is 15.9 Å². The quantitative estimate of drug-likeness (QED) is 0.828. The number of aryl methyl sites for hydroxylation is 1. The van der Waals surface area contributed by atoms with Crippen molar-refractivity contribution in [2.75, 3.05) is 13.7 Å². The van der Waals surface area contributed by atoms with E-state index in [1.54, 1.807) is 7.11 Å². The third-order valence-electron chi connectivity index (χ3n) is 3.74. The van der Waals surface area contributed by atoms with Crippen molar-refractivity contribution in [2.45, 2.75) is 39.2 Å². The number of likely N-dealkylation sites (tertiary alicyclic amines) is 1. The fraction of sp³-hybridized carbons (Fsp3) is 0.533. The van der Waals surface area contributed by atoms with E-state index >= 15 is 0 Å². The Bertz CT molecular complexity index is 487. The van der Waals surface area contributed by atoms with Crippen LogP contribution in [0, 0.1) is 6.92 Å². The molecule has 1 unspecified atom stereocenters. The van der Waals surface area contributed by atoms with Crippen LogP contribution in [0.4, 0.5) is 0 Å². The minimum absolute atomic E-state index is 0.0773. The van der Waals surface area contributed by atoms with E-state index in [4.69, 9.17) is 4.74 Å². The highest BCUT2D eigenvalue weighted by atomic mass is 79.9. The van der Waals surface area contributed by atoms with Crippen molar-refractivity contribution in [3.8, 4) is 5.75 Å². The van der Waals surface area contributed by atoms with E-state index in [-0.39, 0.29) is 5.91 Å². The summed E-state index contributed by atoms with van der Waals surface area (Å²) in [5.41, 5.74) is 1.63. The smallest absolute Gasteiger partial charge is 0.257 e. The van der Waals surface area contributed by atoms with E-state index in [2.05, 4.69) is 22.9 Å². The Morgan fingerprint density at radius 2 is 2.16 bits per heavy atom. The third-order valence-corrected chi connectivity index (χ3v) is 4.20. The molecule has 1 aliphatic rings. The van der Waals surface area contributed by atoms with Gasteiger partial charge in [-0.1, -0.05) is 15.9 Å². The summed E-state index contributed by atoms with van der Waals surface area (Å²) in [6.07, 6.45) is 3.38. The maximum Gasteiger partial charge on any atom is 0.257 e. The van der Waals surface area contributed by atoms with Crippen molar-refractivity contribution in [2.24, 2.45) is 0 Å². The molecular formula is C15H20BrNO2. The molecule has 2 rings (SSSR count). The number of hydrogen-bond acceptors (Lipinski definition) is 2. The summed E-state index contributed by atoms with van der Waals surface area (Å²) in [5.74, 6) is 0.763. The van der Waals surface area contributed by atoms with Crippen LogP contribution in [-0.4, -0.2) is 30.5 Å². The van der Waals surface area contributed by atoms with Crippen LogP contribution < -0.4 is 4.74 Å². The Labute approximate surface area is 123 Å². The summed E-state index contributed by atoms with van der Waals surface area (Å²) in [4.78, 5) is 14.7. The van der Waals surface area contributed by atoms with Crippen molar-refractivity contribution in [3.05, 3.63) is 27.7 Å². The zero-order valence-corrected chi connectivity index (χ0v) is 13.3.